The number of benzene rings is 3. The molecule has 0 bridgehead atoms. The van der Waals surface area contributed by atoms with Crippen LogP contribution in [0.25, 0.3) is 0 Å². The smallest absolute Gasteiger partial charge is 0.170 e. The lowest BCUT2D eigenvalue weighted by Gasteiger charge is -2.12. The summed E-state index contributed by atoms with van der Waals surface area (Å²) in [5.41, 5.74) is 1.73. The van der Waals surface area contributed by atoms with Gasteiger partial charge in [0.1, 0.15) is 11.5 Å². The molecule has 0 aliphatic rings. The van der Waals surface area contributed by atoms with E-state index in [4.69, 9.17) is 4.74 Å². The molecular formula is C21H18O2. The lowest BCUT2D eigenvalue weighted by molar-refractivity contribution is 0.0966. The number of hydrogen-bond donors (Lipinski definition) is 0. The molecule has 0 saturated heterocycles. The van der Waals surface area contributed by atoms with Gasteiger partial charge in [-0.15, -0.1) is 0 Å². The van der Waals surface area contributed by atoms with E-state index in [2.05, 4.69) is 0 Å². The van der Waals surface area contributed by atoms with Crippen molar-refractivity contribution in [2.45, 2.75) is 12.8 Å². The second-order valence-corrected chi connectivity index (χ2v) is 5.44. The van der Waals surface area contributed by atoms with Crippen LogP contribution in [0.5, 0.6) is 11.5 Å². The molecule has 3 rings (SSSR count). The van der Waals surface area contributed by atoms with Gasteiger partial charge in [-0.25, -0.2) is 0 Å². The Labute approximate surface area is 136 Å². The topological polar surface area (TPSA) is 26.3 Å². The Bertz CT molecular complexity index is 762. The van der Waals surface area contributed by atoms with E-state index in [1.807, 2.05) is 91.9 Å². The molecule has 0 fully saturated rings. The number of hydrogen-bond acceptors (Lipinski definition) is 2. The fourth-order valence-electron chi connectivity index (χ4n) is 2.45. The Kier molecular flexibility index (Phi) is 4.53. The summed E-state index contributed by atoms with van der Waals surface area (Å²) in [4.78, 5) is 12.5. The first kappa shape index (κ1) is 15.0. The van der Waals surface area contributed by atoms with Crippen molar-refractivity contribution in [3.63, 3.8) is 0 Å². The molecule has 3 aromatic rings. The lowest BCUT2D eigenvalue weighted by atomic mass is 9.92. The molecule has 0 saturated carbocycles. The quantitative estimate of drug-likeness (QED) is 0.584. The SMILES string of the molecule is CC(C(=O)c1ccccc1)c1ccc(Oc2ccccc2)cc1. The first-order valence-electron chi connectivity index (χ1n) is 7.66. The Hall–Kier alpha value is -2.87. The molecule has 0 heterocycles. The van der Waals surface area contributed by atoms with Gasteiger partial charge in [-0.1, -0.05) is 67.6 Å². The highest BCUT2D eigenvalue weighted by molar-refractivity contribution is 6.00. The van der Waals surface area contributed by atoms with Crippen molar-refractivity contribution in [2.75, 3.05) is 0 Å². The molecule has 0 aliphatic carbocycles. The maximum absolute atomic E-state index is 12.5. The van der Waals surface area contributed by atoms with Crippen LogP contribution < -0.4 is 4.74 Å². The van der Waals surface area contributed by atoms with Crippen LogP contribution >= 0.6 is 0 Å². The average molecular weight is 302 g/mol. The molecule has 0 N–H and O–H groups in total. The molecule has 3 aromatic carbocycles. The van der Waals surface area contributed by atoms with Gasteiger partial charge >= 0.3 is 0 Å². The van der Waals surface area contributed by atoms with Crippen molar-refractivity contribution < 1.29 is 9.53 Å². The van der Waals surface area contributed by atoms with E-state index in [0.717, 1.165) is 22.6 Å². The third-order valence-electron chi connectivity index (χ3n) is 3.81. The minimum Gasteiger partial charge on any atom is -0.457 e. The Morgan fingerprint density at radius 1 is 0.739 bits per heavy atom. The van der Waals surface area contributed by atoms with Crippen LogP contribution in [-0.4, -0.2) is 5.78 Å². The first-order valence-corrected chi connectivity index (χ1v) is 7.66. The van der Waals surface area contributed by atoms with Crippen LogP contribution in [0.3, 0.4) is 0 Å². The van der Waals surface area contributed by atoms with Gasteiger partial charge in [-0.2, -0.15) is 0 Å². The van der Waals surface area contributed by atoms with E-state index in [-0.39, 0.29) is 11.7 Å². The van der Waals surface area contributed by atoms with Crippen LogP contribution in [-0.2, 0) is 0 Å². The number of ketones is 1. The highest BCUT2D eigenvalue weighted by Gasteiger charge is 2.16. The van der Waals surface area contributed by atoms with Crippen LogP contribution in [0, 0.1) is 0 Å². The van der Waals surface area contributed by atoms with Gasteiger partial charge in [0, 0.05) is 11.5 Å². The van der Waals surface area contributed by atoms with Gasteiger partial charge in [0.15, 0.2) is 5.78 Å². The molecule has 0 aliphatic heterocycles. The van der Waals surface area contributed by atoms with E-state index < -0.39 is 0 Å². The Morgan fingerprint density at radius 2 is 1.26 bits per heavy atom. The molecule has 0 spiro atoms. The molecule has 0 radical (unpaired) electrons. The van der Waals surface area contributed by atoms with Crippen LogP contribution in [0.4, 0.5) is 0 Å². The second-order valence-electron chi connectivity index (χ2n) is 5.44. The molecular weight excluding hydrogens is 284 g/mol. The predicted octanol–water partition coefficient (Wildman–Crippen LogP) is 5.47. The summed E-state index contributed by atoms with van der Waals surface area (Å²) in [6.07, 6.45) is 0. The largest absolute Gasteiger partial charge is 0.457 e. The summed E-state index contributed by atoms with van der Waals surface area (Å²) in [5, 5.41) is 0. The van der Waals surface area contributed by atoms with Crippen molar-refractivity contribution >= 4 is 5.78 Å². The van der Waals surface area contributed by atoms with Crippen molar-refractivity contribution in [3.8, 4) is 11.5 Å². The lowest BCUT2D eigenvalue weighted by Crippen LogP contribution is -2.09. The van der Waals surface area contributed by atoms with Crippen molar-refractivity contribution in [1.29, 1.82) is 0 Å². The van der Waals surface area contributed by atoms with Gasteiger partial charge in [-0.05, 0) is 29.8 Å². The van der Waals surface area contributed by atoms with Gasteiger partial charge in [-0.3, -0.25) is 4.79 Å². The van der Waals surface area contributed by atoms with Gasteiger partial charge in [0.05, 0.1) is 0 Å². The van der Waals surface area contributed by atoms with Crippen LogP contribution in [0.15, 0.2) is 84.9 Å². The molecule has 23 heavy (non-hydrogen) atoms. The van der Waals surface area contributed by atoms with E-state index >= 15 is 0 Å². The zero-order chi connectivity index (χ0) is 16.1. The Morgan fingerprint density at radius 3 is 1.87 bits per heavy atom. The first-order chi connectivity index (χ1) is 11.2. The van der Waals surface area contributed by atoms with E-state index in [1.54, 1.807) is 0 Å². The van der Waals surface area contributed by atoms with Crippen molar-refractivity contribution in [1.82, 2.24) is 0 Å². The molecule has 2 heteroatoms. The standard InChI is InChI=1S/C21H18O2/c1-16(21(22)18-8-4-2-5-9-18)17-12-14-20(15-13-17)23-19-10-6-3-7-11-19/h2-16H,1H3. The zero-order valence-electron chi connectivity index (χ0n) is 13.0. The van der Waals surface area contributed by atoms with E-state index in [9.17, 15) is 4.79 Å². The minimum absolute atomic E-state index is 0.127. The zero-order valence-corrected chi connectivity index (χ0v) is 13.0. The van der Waals surface area contributed by atoms with Gasteiger partial charge in [0.25, 0.3) is 0 Å². The summed E-state index contributed by atoms with van der Waals surface area (Å²) in [6.45, 7) is 1.93. The van der Waals surface area contributed by atoms with Gasteiger partial charge < -0.3 is 4.74 Å². The molecule has 1 atom stereocenters. The number of rotatable bonds is 5. The summed E-state index contributed by atoms with van der Waals surface area (Å²) < 4.78 is 5.77. The number of carbonyl (C=O) groups excluding carboxylic acids is 1. The number of ether oxygens (including phenoxy) is 1. The van der Waals surface area contributed by atoms with Crippen LogP contribution in [0.1, 0.15) is 28.8 Å². The minimum atomic E-state index is -0.178. The normalized spacial score (nSPS) is 11.7. The van der Waals surface area contributed by atoms with E-state index in [0.29, 0.717) is 0 Å². The predicted molar refractivity (Wildman–Crippen MR) is 92.1 cm³/mol. The third kappa shape index (κ3) is 3.67. The third-order valence-corrected chi connectivity index (χ3v) is 3.81. The number of para-hydroxylation sites is 1. The number of Topliss-reactive ketones (excluding diaryl/α,β-unsaturated/α-hetero) is 1. The summed E-state index contributed by atoms with van der Waals surface area (Å²) in [6, 6.07) is 26.7. The van der Waals surface area contributed by atoms with E-state index in [1.165, 1.54) is 0 Å². The fraction of sp³-hybridized carbons (Fsp3) is 0.0952. The summed E-state index contributed by atoms with van der Waals surface area (Å²) in [7, 11) is 0. The molecule has 114 valence electrons. The Balaban J connectivity index is 1.73. The maximum Gasteiger partial charge on any atom is 0.170 e. The maximum atomic E-state index is 12.5. The molecule has 0 aromatic heterocycles. The summed E-state index contributed by atoms with van der Waals surface area (Å²) in [5.74, 6) is 1.51. The summed E-state index contributed by atoms with van der Waals surface area (Å²) >= 11 is 0. The fourth-order valence-corrected chi connectivity index (χ4v) is 2.45. The van der Waals surface area contributed by atoms with Gasteiger partial charge in [0.2, 0.25) is 0 Å². The average Bonchev–Trinajstić information content (AvgIpc) is 2.63. The second kappa shape index (κ2) is 6.93. The molecule has 0 amide bonds. The highest BCUT2D eigenvalue weighted by Crippen LogP contribution is 2.25. The molecule has 2 nitrogen and oxygen atoms in total. The number of carbonyl (C=O) groups is 1. The highest BCUT2D eigenvalue weighted by atomic mass is 16.5. The van der Waals surface area contributed by atoms with Crippen LogP contribution in [0.2, 0.25) is 0 Å². The molecule has 1 unspecified atom stereocenters. The van der Waals surface area contributed by atoms with Crippen molar-refractivity contribution in [3.05, 3.63) is 96.1 Å². The monoisotopic (exact) mass is 302 g/mol. The van der Waals surface area contributed by atoms with Crippen molar-refractivity contribution in [2.24, 2.45) is 0 Å².